The Labute approximate surface area is 124 Å². The van der Waals surface area contributed by atoms with Crippen LogP contribution in [0.15, 0.2) is 48.5 Å². The molecule has 2 atom stereocenters. The van der Waals surface area contributed by atoms with E-state index in [1.54, 1.807) is 6.07 Å². The summed E-state index contributed by atoms with van der Waals surface area (Å²) in [5.41, 5.74) is 1.74. The first-order chi connectivity index (χ1) is 10.2. The van der Waals surface area contributed by atoms with Crippen LogP contribution in [0.25, 0.3) is 0 Å². The van der Waals surface area contributed by atoms with Gasteiger partial charge in [-0.25, -0.2) is 0 Å². The van der Waals surface area contributed by atoms with Gasteiger partial charge in [0, 0.05) is 36.6 Å². The minimum atomic E-state index is -0.429. The van der Waals surface area contributed by atoms with Crippen molar-refractivity contribution in [3.8, 4) is 11.5 Å². The number of fused-ring (bicyclic) bond motifs is 3. The van der Waals surface area contributed by atoms with Crippen molar-refractivity contribution in [3.63, 3.8) is 0 Å². The third-order valence-electron chi connectivity index (χ3n) is 4.87. The second-order valence-corrected chi connectivity index (χ2v) is 6.11. The van der Waals surface area contributed by atoms with Gasteiger partial charge in [-0.2, -0.15) is 0 Å². The molecule has 2 aliphatic heterocycles. The van der Waals surface area contributed by atoms with Crippen molar-refractivity contribution in [3.05, 3.63) is 59.7 Å². The van der Waals surface area contributed by atoms with Crippen LogP contribution < -0.4 is 4.74 Å². The van der Waals surface area contributed by atoms with E-state index in [1.165, 1.54) is 5.56 Å². The number of likely N-dealkylation sites (tertiary alicyclic amines) is 1. The number of phenols is 1. The first kappa shape index (κ1) is 12.7. The molecule has 3 nitrogen and oxygen atoms in total. The van der Waals surface area contributed by atoms with Gasteiger partial charge in [-0.15, -0.1) is 0 Å². The molecule has 108 valence electrons. The maximum absolute atomic E-state index is 10.4. The molecule has 3 heteroatoms. The number of piperidine rings is 1. The van der Waals surface area contributed by atoms with E-state index in [1.807, 2.05) is 30.3 Å². The van der Waals surface area contributed by atoms with E-state index < -0.39 is 5.60 Å². The number of hydrogen-bond donors (Lipinski definition) is 1. The lowest BCUT2D eigenvalue weighted by Gasteiger charge is -2.42. The summed E-state index contributed by atoms with van der Waals surface area (Å²) in [5.74, 6) is 1.56. The van der Waals surface area contributed by atoms with Crippen LogP contribution in [0.5, 0.6) is 11.5 Å². The quantitative estimate of drug-likeness (QED) is 0.872. The second-order valence-electron chi connectivity index (χ2n) is 6.11. The average Bonchev–Trinajstić information content (AvgIpc) is 2.83. The highest BCUT2D eigenvalue weighted by Gasteiger charge is 2.52. The van der Waals surface area contributed by atoms with E-state index in [9.17, 15) is 5.11 Å². The van der Waals surface area contributed by atoms with E-state index in [2.05, 4.69) is 24.1 Å². The molecule has 0 aliphatic carbocycles. The first-order valence-electron chi connectivity index (χ1n) is 7.46. The minimum absolute atomic E-state index is 0.265. The molecule has 2 unspecified atom stereocenters. The summed E-state index contributed by atoms with van der Waals surface area (Å²) in [7, 11) is 2.15. The van der Waals surface area contributed by atoms with Gasteiger partial charge < -0.3 is 14.7 Å². The number of rotatable bonds is 1. The fourth-order valence-corrected chi connectivity index (χ4v) is 3.82. The summed E-state index contributed by atoms with van der Waals surface area (Å²) in [5, 5.41) is 10.4. The van der Waals surface area contributed by atoms with Gasteiger partial charge in [-0.1, -0.05) is 36.4 Å². The van der Waals surface area contributed by atoms with Gasteiger partial charge in [0.25, 0.3) is 0 Å². The number of hydrogen-bond acceptors (Lipinski definition) is 3. The fraction of sp³-hybridized carbons (Fsp3) is 0.333. The molecular weight excluding hydrogens is 262 g/mol. The van der Waals surface area contributed by atoms with Crippen molar-refractivity contribution in [2.24, 2.45) is 0 Å². The summed E-state index contributed by atoms with van der Waals surface area (Å²) in [4.78, 5) is 2.34. The normalized spacial score (nSPS) is 27.8. The average molecular weight is 281 g/mol. The zero-order valence-corrected chi connectivity index (χ0v) is 12.1. The Balaban J connectivity index is 1.89. The van der Waals surface area contributed by atoms with Crippen LogP contribution in [-0.2, 0) is 5.60 Å². The van der Waals surface area contributed by atoms with Crippen molar-refractivity contribution in [1.82, 2.24) is 4.90 Å². The van der Waals surface area contributed by atoms with Crippen molar-refractivity contribution >= 4 is 0 Å². The molecule has 2 aliphatic rings. The largest absolute Gasteiger partial charge is 0.508 e. The number of aromatic hydroxyl groups is 1. The number of benzene rings is 2. The van der Waals surface area contributed by atoms with E-state index in [-0.39, 0.29) is 5.92 Å². The summed E-state index contributed by atoms with van der Waals surface area (Å²) >= 11 is 0. The van der Waals surface area contributed by atoms with E-state index in [0.29, 0.717) is 5.75 Å². The predicted molar refractivity (Wildman–Crippen MR) is 81.7 cm³/mol. The molecule has 1 fully saturated rings. The monoisotopic (exact) mass is 281 g/mol. The topological polar surface area (TPSA) is 32.7 Å². The molecule has 1 N–H and O–H groups in total. The van der Waals surface area contributed by atoms with Gasteiger partial charge in [-0.05, 0) is 19.2 Å². The molecule has 0 amide bonds. The number of para-hydroxylation sites is 2. The molecule has 0 saturated carbocycles. The lowest BCUT2D eigenvalue weighted by molar-refractivity contribution is 0.00526. The zero-order chi connectivity index (χ0) is 14.4. The van der Waals surface area contributed by atoms with E-state index in [4.69, 9.17) is 4.74 Å². The van der Waals surface area contributed by atoms with Crippen molar-refractivity contribution < 1.29 is 9.84 Å². The van der Waals surface area contributed by atoms with Gasteiger partial charge in [0.1, 0.15) is 17.1 Å². The lowest BCUT2D eigenvalue weighted by Crippen LogP contribution is -2.47. The molecule has 0 spiro atoms. The lowest BCUT2D eigenvalue weighted by atomic mass is 9.74. The molecule has 2 heterocycles. The first-order valence-corrected chi connectivity index (χ1v) is 7.46. The van der Waals surface area contributed by atoms with Gasteiger partial charge in [0.2, 0.25) is 0 Å². The highest BCUT2D eigenvalue weighted by Crippen LogP contribution is 2.55. The van der Waals surface area contributed by atoms with Crippen molar-refractivity contribution in [1.29, 1.82) is 0 Å². The molecule has 1 saturated heterocycles. The third-order valence-corrected chi connectivity index (χ3v) is 4.87. The van der Waals surface area contributed by atoms with Crippen LogP contribution in [0.1, 0.15) is 23.5 Å². The highest BCUT2D eigenvalue weighted by atomic mass is 16.5. The number of phenolic OH excluding ortho intramolecular Hbond substituents is 1. The van der Waals surface area contributed by atoms with Crippen LogP contribution >= 0.6 is 0 Å². The Morgan fingerprint density at radius 2 is 1.90 bits per heavy atom. The summed E-state index contributed by atoms with van der Waals surface area (Å²) in [6.45, 7) is 1.92. The molecule has 2 aromatic carbocycles. The SMILES string of the molecule is CN1CCC2(c3ccccc3O)Oc3ccccc3C2C1. The molecular formula is C18H19NO2. The Morgan fingerprint density at radius 3 is 2.76 bits per heavy atom. The molecule has 2 aromatic rings. The Bertz CT molecular complexity index is 684. The molecule has 0 radical (unpaired) electrons. The maximum Gasteiger partial charge on any atom is 0.147 e. The number of likely N-dealkylation sites (N-methyl/N-ethyl adjacent to an activating group) is 1. The minimum Gasteiger partial charge on any atom is -0.508 e. The summed E-state index contributed by atoms with van der Waals surface area (Å²) in [6, 6.07) is 15.9. The van der Waals surface area contributed by atoms with Gasteiger partial charge in [0.05, 0.1) is 0 Å². The third kappa shape index (κ3) is 1.77. The second kappa shape index (κ2) is 4.50. The molecule has 0 bridgehead atoms. The van der Waals surface area contributed by atoms with Crippen LogP contribution in [-0.4, -0.2) is 30.1 Å². The number of ether oxygens (including phenoxy) is 1. The zero-order valence-electron chi connectivity index (χ0n) is 12.1. The van der Waals surface area contributed by atoms with Crippen LogP contribution in [0.3, 0.4) is 0 Å². The highest BCUT2D eigenvalue weighted by molar-refractivity contribution is 5.50. The summed E-state index contributed by atoms with van der Waals surface area (Å²) < 4.78 is 6.43. The molecule has 4 rings (SSSR count). The standard InChI is InChI=1S/C18H19NO2/c1-19-11-10-18(14-7-3-4-8-16(14)20)15(12-19)13-6-2-5-9-17(13)21-18/h2-9,15,20H,10-12H2,1H3. The van der Waals surface area contributed by atoms with Gasteiger partial charge in [-0.3, -0.25) is 0 Å². The Kier molecular flexibility index (Phi) is 2.73. The van der Waals surface area contributed by atoms with E-state index >= 15 is 0 Å². The summed E-state index contributed by atoms with van der Waals surface area (Å²) in [6.07, 6.45) is 0.889. The Hall–Kier alpha value is -2.00. The van der Waals surface area contributed by atoms with Crippen molar-refractivity contribution in [2.75, 3.05) is 20.1 Å². The van der Waals surface area contributed by atoms with Gasteiger partial charge in [0.15, 0.2) is 0 Å². The van der Waals surface area contributed by atoms with Crippen LogP contribution in [0.4, 0.5) is 0 Å². The van der Waals surface area contributed by atoms with Crippen LogP contribution in [0.2, 0.25) is 0 Å². The van der Waals surface area contributed by atoms with E-state index in [0.717, 1.165) is 30.8 Å². The van der Waals surface area contributed by atoms with Gasteiger partial charge >= 0.3 is 0 Å². The Morgan fingerprint density at radius 1 is 1.14 bits per heavy atom. The molecule has 0 aromatic heterocycles. The van der Waals surface area contributed by atoms with Crippen LogP contribution in [0, 0.1) is 0 Å². The molecule has 21 heavy (non-hydrogen) atoms. The fourth-order valence-electron chi connectivity index (χ4n) is 3.82. The predicted octanol–water partition coefficient (Wildman–Crippen LogP) is 3.10. The number of nitrogens with zero attached hydrogens (tertiary/aromatic N) is 1. The van der Waals surface area contributed by atoms with Crippen molar-refractivity contribution in [2.45, 2.75) is 17.9 Å². The smallest absolute Gasteiger partial charge is 0.147 e. The maximum atomic E-state index is 10.4.